The molecule has 0 amide bonds. The molecule has 0 radical (unpaired) electrons. The largest absolute Gasteiger partial charge is 0.370 e. The first-order chi connectivity index (χ1) is 9.65. The van der Waals surface area contributed by atoms with Crippen LogP contribution in [-0.4, -0.2) is 48.5 Å². The molecule has 3 N–H and O–H groups in total. The molecule has 8 heteroatoms. The molecule has 1 aliphatic heterocycles. The Balaban J connectivity index is 0.00000220. The second-order valence-electron chi connectivity index (χ2n) is 4.47. The van der Waals surface area contributed by atoms with Gasteiger partial charge in [0, 0.05) is 37.2 Å². The summed E-state index contributed by atoms with van der Waals surface area (Å²) in [6.07, 6.45) is 0. The number of aliphatic imine (C=N–C) groups is 1. The van der Waals surface area contributed by atoms with Crippen molar-refractivity contribution in [3.63, 3.8) is 0 Å². The first-order valence-electron chi connectivity index (χ1n) is 6.47. The maximum Gasteiger partial charge on any atom is 0.193 e. The molecule has 1 saturated heterocycles. The van der Waals surface area contributed by atoms with Crippen LogP contribution in [0.15, 0.2) is 23.2 Å². The van der Waals surface area contributed by atoms with E-state index < -0.39 is 11.6 Å². The van der Waals surface area contributed by atoms with E-state index in [1.54, 1.807) is 0 Å². The minimum atomic E-state index is -0.558. The van der Waals surface area contributed by atoms with Crippen LogP contribution in [0.2, 0.25) is 0 Å². The highest BCUT2D eigenvalue weighted by molar-refractivity contribution is 14.0. The molecule has 0 unspecified atom stereocenters. The first kappa shape index (κ1) is 18.4. The second kappa shape index (κ2) is 9.42. The van der Waals surface area contributed by atoms with Crippen LogP contribution in [0.5, 0.6) is 0 Å². The Morgan fingerprint density at radius 3 is 2.76 bits per heavy atom. The molecule has 1 aromatic carbocycles. The Labute approximate surface area is 144 Å². The topological polar surface area (TPSA) is 53.6 Å². The predicted molar refractivity (Wildman–Crippen MR) is 95.7 cm³/mol. The fraction of sp³-hybridized carbons (Fsp3) is 0.462. The molecule has 0 spiro atoms. The lowest BCUT2D eigenvalue weighted by molar-refractivity contribution is 0.311. The number of rotatable bonds is 4. The van der Waals surface area contributed by atoms with E-state index in [0.29, 0.717) is 6.54 Å². The molecular formula is C13H19F2IN4S. The van der Waals surface area contributed by atoms with E-state index >= 15 is 0 Å². The lowest BCUT2D eigenvalue weighted by Gasteiger charge is -2.25. The zero-order valence-corrected chi connectivity index (χ0v) is 14.7. The van der Waals surface area contributed by atoms with Gasteiger partial charge in [0.05, 0.1) is 12.2 Å². The van der Waals surface area contributed by atoms with Crippen molar-refractivity contribution >= 4 is 47.4 Å². The van der Waals surface area contributed by atoms with Gasteiger partial charge in [-0.15, -0.1) is 24.0 Å². The van der Waals surface area contributed by atoms with Crippen LogP contribution in [0.25, 0.3) is 0 Å². The highest BCUT2D eigenvalue weighted by Gasteiger charge is 2.09. The third kappa shape index (κ3) is 6.35. The Bertz CT molecular complexity index is 481. The molecule has 4 nitrogen and oxygen atoms in total. The van der Waals surface area contributed by atoms with Crippen molar-refractivity contribution in [2.24, 2.45) is 10.7 Å². The van der Waals surface area contributed by atoms with E-state index in [1.807, 2.05) is 11.8 Å². The molecule has 1 aliphatic rings. The van der Waals surface area contributed by atoms with E-state index in [4.69, 9.17) is 5.73 Å². The zero-order chi connectivity index (χ0) is 14.4. The molecule has 0 saturated carbocycles. The standard InChI is InChI=1S/C13H18F2N4S.HI/c14-10-1-2-11(15)12(9-10)18-13(16)17-3-4-19-5-7-20-8-6-19;/h1-2,9H,3-8H2,(H3,16,17,18);1H. The molecule has 21 heavy (non-hydrogen) atoms. The summed E-state index contributed by atoms with van der Waals surface area (Å²) in [6, 6.07) is 3.16. The van der Waals surface area contributed by atoms with Crippen molar-refractivity contribution in [3.05, 3.63) is 29.8 Å². The Morgan fingerprint density at radius 2 is 2.05 bits per heavy atom. The van der Waals surface area contributed by atoms with Gasteiger partial charge in [-0.3, -0.25) is 9.89 Å². The lowest BCUT2D eigenvalue weighted by atomic mass is 10.3. The average molecular weight is 428 g/mol. The highest BCUT2D eigenvalue weighted by Crippen LogP contribution is 2.14. The number of benzene rings is 1. The summed E-state index contributed by atoms with van der Waals surface area (Å²) in [4.78, 5) is 6.45. The van der Waals surface area contributed by atoms with Gasteiger partial charge >= 0.3 is 0 Å². The third-order valence-electron chi connectivity index (χ3n) is 2.99. The molecular weight excluding hydrogens is 409 g/mol. The summed E-state index contributed by atoms with van der Waals surface area (Å²) < 4.78 is 26.4. The molecule has 118 valence electrons. The van der Waals surface area contributed by atoms with Crippen LogP contribution >= 0.6 is 35.7 Å². The normalized spacial score (nSPS) is 16.4. The van der Waals surface area contributed by atoms with Gasteiger partial charge in [0.1, 0.15) is 11.6 Å². The fourth-order valence-electron chi connectivity index (χ4n) is 1.91. The molecule has 2 rings (SSSR count). The van der Waals surface area contributed by atoms with Gasteiger partial charge < -0.3 is 11.1 Å². The van der Waals surface area contributed by atoms with Gasteiger partial charge in [0.25, 0.3) is 0 Å². The van der Waals surface area contributed by atoms with Crippen molar-refractivity contribution in [3.8, 4) is 0 Å². The van der Waals surface area contributed by atoms with Crippen LogP contribution < -0.4 is 11.1 Å². The summed E-state index contributed by atoms with van der Waals surface area (Å²) >= 11 is 1.95. The van der Waals surface area contributed by atoms with Gasteiger partial charge in [-0.25, -0.2) is 8.78 Å². The molecule has 1 aromatic rings. The number of hydrogen-bond donors (Lipinski definition) is 2. The summed E-state index contributed by atoms with van der Waals surface area (Å²) in [7, 11) is 0. The minimum absolute atomic E-state index is 0. The van der Waals surface area contributed by atoms with Gasteiger partial charge in [0.15, 0.2) is 5.96 Å². The van der Waals surface area contributed by atoms with E-state index in [9.17, 15) is 8.78 Å². The Kier molecular flexibility index (Phi) is 8.27. The SMILES string of the molecule is I.NC(=NCCN1CCSCC1)Nc1cc(F)ccc1F. The Morgan fingerprint density at radius 1 is 1.33 bits per heavy atom. The lowest BCUT2D eigenvalue weighted by Crippen LogP contribution is -2.35. The zero-order valence-electron chi connectivity index (χ0n) is 11.5. The number of thioether (sulfide) groups is 1. The van der Waals surface area contributed by atoms with E-state index in [1.165, 1.54) is 0 Å². The van der Waals surface area contributed by atoms with Crippen LogP contribution in [0.1, 0.15) is 0 Å². The van der Waals surface area contributed by atoms with Gasteiger partial charge in [-0.2, -0.15) is 11.8 Å². The van der Waals surface area contributed by atoms with Gasteiger partial charge in [0.2, 0.25) is 0 Å². The second-order valence-corrected chi connectivity index (χ2v) is 5.69. The van der Waals surface area contributed by atoms with Crippen LogP contribution in [0, 0.1) is 11.6 Å². The van der Waals surface area contributed by atoms with Crippen molar-refractivity contribution in [2.45, 2.75) is 0 Å². The number of guanidine groups is 1. The van der Waals surface area contributed by atoms with E-state index in [2.05, 4.69) is 15.2 Å². The number of hydrogen-bond acceptors (Lipinski definition) is 3. The summed E-state index contributed by atoms with van der Waals surface area (Å²) in [5.74, 6) is 1.31. The number of nitrogens with zero attached hydrogens (tertiary/aromatic N) is 2. The third-order valence-corrected chi connectivity index (χ3v) is 3.94. The summed E-state index contributed by atoms with van der Waals surface area (Å²) in [5.41, 5.74) is 5.67. The predicted octanol–water partition coefficient (Wildman–Crippen LogP) is 2.36. The van der Waals surface area contributed by atoms with Crippen molar-refractivity contribution < 1.29 is 8.78 Å². The molecule has 0 bridgehead atoms. The minimum Gasteiger partial charge on any atom is -0.370 e. The Hall–Kier alpha value is -0.610. The number of anilines is 1. The average Bonchev–Trinajstić information content (AvgIpc) is 2.44. The molecule has 1 heterocycles. The molecule has 0 atom stereocenters. The van der Waals surface area contributed by atoms with E-state index in [-0.39, 0.29) is 35.6 Å². The number of halogens is 3. The highest BCUT2D eigenvalue weighted by atomic mass is 127. The van der Waals surface area contributed by atoms with E-state index in [0.717, 1.165) is 49.3 Å². The maximum absolute atomic E-state index is 13.4. The molecule has 0 aliphatic carbocycles. The molecule has 1 fully saturated rings. The first-order valence-corrected chi connectivity index (χ1v) is 7.63. The smallest absolute Gasteiger partial charge is 0.193 e. The summed E-state index contributed by atoms with van der Waals surface area (Å²) in [6.45, 7) is 3.49. The quantitative estimate of drug-likeness (QED) is 0.440. The molecule has 0 aromatic heterocycles. The van der Waals surface area contributed by atoms with Crippen LogP contribution in [-0.2, 0) is 0 Å². The van der Waals surface area contributed by atoms with Crippen molar-refractivity contribution in [1.29, 1.82) is 0 Å². The summed E-state index contributed by atoms with van der Waals surface area (Å²) in [5, 5.41) is 2.58. The van der Waals surface area contributed by atoms with Gasteiger partial charge in [-0.1, -0.05) is 0 Å². The number of nitrogens with two attached hydrogens (primary N) is 1. The van der Waals surface area contributed by atoms with Crippen molar-refractivity contribution in [1.82, 2.24) is 4.90 Å². The fourth-order valence-corrected chi connectivity index (χ4v) is 2.89. The number of nitrogens with one attached hydrogen (secondary N) is 1. The van der Waals surface area contributed by atoms with Crippen LogP contribution in [0.3, 0.4) is 0 Å². The monoisotopic (exact) mass is 428 g/mol. The maximum atomic E-state index is 13.4. The van der Waals surface area contributed by atoms with Gasteiger partial charge in [-0.05, 0) is 12.1 Å². The van der Waals surface area contributed by atoms with Crippen LogP contribution in [0.4, 0.5) is 14.5 Å². The van der Waals surface area contributed by atoms with Crippen molar-refractivity contribution in [2.75, 3.05) is 43.0 Å².